The largest absolute Gasteiger partial charge is 2.00 e. The first-order valence-corrected chi connectivity index (χ1v) is 8.27. The molecule has 1 saturated heterocycles. The Hall–Kier alpha value is -0.701. The molecule has 1 aromatic rings. The molecule has 1 aromatic heterocycles. The Kier molecular flexibility index (Phi) is 8.61. The number of carbonyl (C=O) groups is 1. The van der Waals surface area contributed by atoms with E-state index in [4.69, 9.17) is 0 Å². The van der Waals surface area contributed by atoms with E-state index in [0.717, 1.165) is 19.0 Å². The van der Waals surface area contributed by atoms with Crippen molar-refractivity contribution in [2.75, 3.05) is 20.1 Å². The molecule has 0 aromatic carbocycles. The molecule has 128 valence electrons. The van der Waals surface area contributed by atoms with E-state index in [-0.39, 0.29) is 34.7 Å². The number of hydrogen-bond donors (Lipinski definition) is 0. The number of Topliss-reactive ketones (excluding diaryl/α,β-unsaturated/α-hetero) is 1. The third-order valence-corrected chi connectivity index (χ3v) is 4.48. The fraction of sp³-hybridized carbons (Fsp3) is 0.238. The van der Waals surface area contributed by atoms with Gasteiger partial charge in [0.05, 0.1) is 0 Å². The molecule has 2 aliphatic carbocycles. The Labute approximate surface area is 163 Å². The van der Waals surface area contributed by atoms with Crippen LogP contribution in [0.5, 0.6) is 0 Å². The fourth-order valence-electron chi connectivity index (χ4n) is 3.29. The second kappa shape index (κ2) is 10.4. The quantitative estimate of drug-likeness (QED) is 0.763. The molecule has 1 aliphatic heterocycles. The monoisotopic (exact) mass is 374 g/mol. The minimum Gasteiger partial charge on any atom is -0.305 e. The van der Waals surface area contributed by atoms with E-state index < -0.39 is 0 Å². The van der Waals surface area contributed by atoms with Gasteiger partial charge in [0, 0.05) is 43.2 Å². The Morgan fingerprint density at radius 2 is 1.52 bits per heavy atom. The van der Waals surface area contributed by atoms with Crippen LogP contribution < -0.4 is 0 Å². The summed E-state index contributed by atoms with van der Waals surface area (Å²) >= 11 is 0. The van der Waals surface area contributed by atoms with Crippen LogP contribution in [0.4, 0.5) is 0 Å². The Balaban J connectivity index is 0.000000325. The van der Waals surface area contributed by atoms with Gasteiger partial charge in [0.1, 0.15) is 5.78 Å². The predicted molar refractivity (Wildman–Crippen MR) is 94.9 cm³/mol. The van der Waals surface area contributed by atoms with Crippen LogP contribution in [-0.4, -0.2) is 35.8 Å². The number of aromatic nitrogens is 1. The topological polar surface area (TPSA) is 33.2 Å². The molecule has 2 saturated carbocycles. The summed E-state index contributed by atoms with van der Waals surface area (Å²) in [6.45, 7) is 1.76. The van der Waals surface area contributed by atoms with Gasteiger partial charge in [0.25, 0.3) is 0 Å². The summed E-state index contributed by atoms with van der Waals surface area (Å²) in [7, 11) is 2.08. The van der Waals surface area contributed by atoms with Crippen LogP contribution >= 0.6 is 0 Å². The van der Waals surface area contributed by atoms with E-state index in [0.29, 0.717) is 0 Å². The number of nitrogens with zero attached hydrogens (tertiary/aromatic N) is 2. The maximum atomic E-state index is 12.6. The number of rotatable bonds is 3. The molecule has 2 atom stereocenters. The summed E-state index contributed by atoms with van der Waals surface area (Å²) in [6.07, 6.45) is 21.3. The summed E-state index contributed by atoms with van der Waals surface area (Å²) in [4.78, 5) is 18.9. The van der Waals surface area contributed by atoms with E-state index in [1.807, 2.05) is 69.9 Å². The van der Waals surface area contributed by atoms with Crippen molar-refractivity contribution in [2.45, 2.75) is 5.92 Å². The van der Waals surface area contributed by atoms with Crippen LogP contribution in [-0.2, 0) is 21.9 Å². The van der Waals surface area contributed by atoms with Gasteiger partial charge in [-0.1, -0.05) is 0 Å². The zero-order valence-electron chi connectivity index (χ0n) is 14.2. The zero-order chi connectivity index (χ0) is 16.8. The molecule has 4 heteroatoms. The standard InChI is InChI=1S/C16H17N2O.C5H5.Fe/c1-18-10-14(12-6-8-17-9-7-12)15(11-18)16(19)13-4-2-3-5-13;1-2-4-5-3-1;/h2-9,14-15H,10-11H2,1H3;1-5H;/q;;+2. The second-order valence-corrected chi connectivity index (χ2v) is 6.21. The maximum absolute atomic E-state index is 12.6. The molecule has 10 radical (unpaired) electrons. The molecule has 4 rings (SSSR count). The predicted octanol–water partition coefficient (Wildman–Crippen LogP) is 2.72. The number of likely N-dealkylation sites (tertiary alicyclic amines) is 1. The molecular formula is C21H22FeN2O+2. The van der Waals surface area contributed by atoms with Crippen molar-refractivity contribution in [1.29, 1.82) is 0 Å². The van der Waals surface area contributed by atoms with Gasteiger partial charge in [-0.25, -0.2) is 0 Å². The van der Waals surface area contributed by atoms with E-state index in [1.54, 1.807) is 12.4 Å². The van der Waals surface area contributed by atoms with Crippen molar-refractivity contribution in [3.8, 4) is 0 Å². The molecule has 3 fully saturated rings. The van der Waals surface area contributed by atoms with Gasteiger partial charge in [-0.2, -0.15) is 0 Å². The van der Waals surface area contributed by atoms with Crippen molar-refractivity contribution in [2.24, 2.45) is 5.92 Å². The van der Waals surface area contributed by atoms with Crippen LogP contribution in [0.1, 0.15) is 11.5 Å². The molecule has 2 unspecified atom stereocenters. The van der Waals surface area contributed by atoms with Gasteiger partial charge in [0.2, 0.25) is 0 Å². The normalized spacial score (nSPS) is 26.8. The number of likely N-dealkylation sites (N-methyl/N-ethyl adjacent to an activating group) is 1. The van der Waals surface area contributed by atoms with Crippen LogP contribution in [0, 0.1) is 69.6 Å². The number of carbonyl (C=O) groups excluding carboxylic acids is 1. The molecule has 0 spiro atoms. The Bertz CT molecular complexity index is 504. The first-order valence-electron chi connectivity index (χ1n) is 8.27. The van der Waals surface area contributed by atoms with Gasteiger partial charge < -0.3 is 4.90 Å². The average molecular weight is 374 g/mol. The van der Waals surface area contributed by atoms with Gasteiger partial charge >= 0.3 is 17.1 Å². The van der Waals surface area contributed by atoms with Crippen molar-refractivity contribution < 1.29 is 21.9 Å². The Morgan fingerprint density at radius 1 is 0.960 bits per heavy atom. The van der Waals surface area contributed by atoms with Crippen LogP contribution in [0.15, 0.2) is 24.5 Å². The second-order valence-electron chi connectivity index (χ2n) is 6.21. The zero-order valence-corrected chi connectivity index (χ0v) is 15.3. The molecule has 0 amide bonds. The molecule has 3 aliphatic rings. The number of hydrogen-bond acceptors (Lipinski definition) is 3. The SMILES string of the molecule is CN1CC(C(=O)[C]2[CH][CH][CH][CH]2)C(c2ccncc2)C1.[CH]1[CH][CH][CH][CH]1.[Fe+2]. The fourth-order valence-corrected chi connectivity index (χ4v) is 3.29. The van der Waals surface area contributed by atoms with Gasteiger partial charge in [0.15, 0.2) is 0 Å². The van der Waals surface area contributed by atoms with Crippen molar-refractivity contribution in [3.05, 3.63) is 93.8 Å². The van der Waals surface area contributed by atoms with E-state index in [2.05, 4.69) is 16.9 Å². The van der Waals surface area contributed by atoms with Crippen LogP contribution in [0.2, 0.25) is 0 Å². The molecular weight excluding hydrogens is 352 g/mol. The maximum Gasteiger partial charge on any atom is 2.00 e. The number of ketones is 1. The van der Waals surface area contributed by atoms with Crippen molar-refractivity contribution >= 4 is 5.78 Å². The van der Waals surface area contributed by atoms with E-state index in [9.17, 15) is 4.79 Å². The molecule has 2 heterocycles. The van der Waals surface area contributed by atoms with Crippen LogP contribution in [0.25, 0.3) is 0 Å². The third-order valence-electron chi connectivity index (χ3n) is 4.48. The third kappa shape index (κ3) is 5.64. The molecule has 25 heavy (non-hydrogen) atoms. The number of pyridine rings is 1. The summed E-state index contributed by atoms with van der Waals surface area (Å²) in [5, 5.41) is 0. The Morgan fingerprint density at radius 3 is 2.08 bits per heavy atom. The van der Waals surface area contributed by atoms with E-state index >= 15 is 0 Å². The molecule has 3 nitrogen and oxygen atoms in total. The molecule has 0 bridgehead atoms. The van der Waals surface area contributed by atoms with Crippen molar-refractivity contribution in [1.82, 2.24) is 9.88 Å². The van der Waals surface area contributed by atoms with Gasteiger partial charge in [-0.15, -0.1) is 0 Å². The summed E-state index contributed by atoms with van der Waals surface area (Å²) in [5.41, 5.74) is 1.21. The van der Waals surface area contributed by atoms with Gasteiger partial charge in [-0.3, -0.25) is 9.78 Å². The average Bonchev–Trinajstić information content (AvgIpc) is 3.37. The van der Waals surface area contributed by atoms with E-state index in [1.165, 1.54) is 5.56 Å². The first kappa shape index (κ1) is 20.6. The summed E-state index contributed by atoms with van der Waals surface area (Å²) in [5.74, 6) is 1.42. The van der Waals surface area contributed by atoms with Crippen molar-refractivity contribution in [3.63, 3.8) is 0 Å². The summed E-state index contributed by atoms with van der Waals surface area (Å²) in [6, 6.07) is 4.05. The smallest absolute Gasteiger partial charge is 0.305 e. The minimum atomic E-state index is 0. The summed E-state index contributed by atoms with van der Waals surface area (Å²) < 4.78 is 0. The minimum absolute atomic E-state index is 0. The first-order chi connectivity index (χ1) is 11.8. The van der Waals surface area contributed by atoms with Gasteiger partial charge in [-0.05, 0) is 82.5 Å². The van der Waals surface area contributed by atoms with Crippen LogP contribution in [0.3, 0.4) is 0 Å². The molecule has 0 N–H and O–H groups in total.